The first kappa shape index (κ1) is 18.8. The van der Waals surface area contributed by atoms with Gasteiger partial charge < -0.3 is 5.32 Å². The van der Waals surface area contributed by atoms with Crippen LogP contribution in [0.1, 0.15) is 12.5 Å². The van der Waals surface area contributed by atoms with E-state index in [4.69, 9.17) is 0 Å². The van der Waals surface area contributed by atoms with Crippen molar-refractivity contribution in [2.75, 3.05) is 5.32 Å². The van der Waals surface area contributed by atoms with E-state index < -0.39 is 0 Å². The van der Waals surface area contributed by atoms with Crippen LogP contribution in [0, 0.1) is 6.92 Å². The minimum atomic E-state index is -0.333. The molecule has 138 valence electrons. The molecule has 0 aliphatic rings. The van der Waals surface area contributed by atoms with Crippen LogP contribution in [0.2, 0.25) is 0 Å². The number of thioether (sulfide) groups is 1. The summed E-state index contributed by atoms with van der Waals surface area (Å²) in [6, 6.07) is 11.5. The van der Waals surface area contributed by atoms with Gasteiger partial charge >= 0.3 is 0 Å². The van der Waals surface area contributed by atoms with Crippen molar-refractivity contribution in [3.05, 3.63) is 67.0 Å². The molecule has 0 saturated carbocycles. The predicted molar refractivity (Wildman–Crippen MR) is 109 cm³/mol. The van der Waals surface area contributed by atoms with Gasteiger partial charge in [0.25, 0.3) is 0 Å². The fraction of sp³-hybridized carbons (Fsp3) is 0.200. The zero-order chi connectivity index (χ0) is 19.2. The molecule has 1 N–H and O–H groups in total. The third kappa shape index (κ3) is 4.62. The Labute approximate surface area is 162 Å². The molecule has 7 heteroatoms. The van der Waals surface area contributed by atoms with Crippen LogP contribution in [-0.4, -0.2) is 30.9 Å². The molecule has 1 amide bonds. The topological polar surface area (TPSA) is 72.7 Å². The molecule has 0 saturated heterocycles. The van der Waals surface area contributed by atoms with E-state index in [0.29, 0.717) is 17.5 Å². The molecule has 1 atom stereocenters. The summed E-state index contributed by atoms with van der Waals surface area (Å²) >= 11 is 1.37. The lowest BCUT2D eigenvalue weighted by Gasteiger charge is -2.13. The number of allylic oxidation sites excluding steroid dienone is 1. The first-order chi connectivity index (χ1) is 13.1. The number of carbonyl (C=O) groups is 1. The van der Waals surface area contributed by atoms with Crippen LogP contribution in [-0.2, 0) is 11.3 Å². The second-order valence-corrected chi connectivity index (χ2v) is 7.37. The average molecular weight is 379 g/mol. The van der Waals surface area contributed by atoms with Crippen molar-refractivity contribution < 1.29 is 4.79 Å². The third-order valence-electron chi connectivity index (χ3n) is 3.92. The standard InChI is InChI=1S/C20H21N5OS/c1-4-12-25-18(16-6-5-11-21-13-16)23-24-20(25)27-15(3)19(26)22-17-9-7-14(2)8-10-17/h4-11,13,15H,1,12H2,2-3H3,(H,22,26)/t15-/m1/s1. The fourth-order valence-electron chi connectivity index (χ4n) is 2.47. The van der Waals surface area contributed by atoms with Gasteiger partial charge in [-0.2, -0.15) is 0 Å². The van der Waals surface area contributed by atoms with Gasteiger partial charge in [0.05, 0.1) is 5.25 Å². The van der Waals surface area contributed by atoms with Crippen LogP contribution in [0.15, 0.2) is 66.6 Å². The SMILES string of the molecule is C=CCn1c(S[C@H](C)C(=O)Nc2ccc(C)cc2)nnc1-c1cccnc1. The molecule has 2 aromatic heterocycles. The number of aromatic nitrogens is 4. The highest BCUT2D eigenvalue weighted by atomic mass is 32.2. The van der Waals surface area contributed by atoms with Crippen molar-refractivity contribution in [2.45, 2.75) is 30.8 Å². The molecule has 3 rings (SSSR count). The Hall–Kier alpha value is -2.93. The molecule has 0 radical (unpaired) electrons. The Morgan fingerprint density at radius 3 is 2.74 bits per heavy atom. The maximum atomic E-state index is 12.5. The van der Waals surface area contributed by atoms with E-state index in [1.54, 1.807) is 18.5 Å². The van der Waals surface area contributed by atoms with Crippen LogP contribution in [0.5, 0.6) is 0 Å². The second kappa shape index (κ2) is 8.64. The van der Waals surface area contributed by atoms with Gasteiger partial charge in [-0.15, -0.1) is 16.8 Å². The number of hydrogen-bond acceptors (Lipinski definition) is 5. The number of pyridine rings is 1. The lowest BCUT2D eigenvalue weighted by atomic mass is 10.2. The van der Waals surface area contributed by atoms with Crippen molar-refractivity contribution >= 4 is 23.4 Å². The molecule has 0 fully saturated rings. The minimum absolute atomic E-state index is 0.0834. The van der Waals surface area contributed by atoms with E-state index in [2.05, 4.69) is 27.1 Å². The third-order valence-corrected chi connectivity index (χ3v) is 5.00. The largest absolute Gasteiger partial charge is 0.325 e. The molecular weight excluding hydrogens is 358 g/mol. The van der Waals surface area contributed by atoms with Crippen LogP contribution >= 0.6 is 11.8 Å². The number of carbonyl (C=O) groups excluding carboxylic acids is 1. The summed E-state index contributed by atoms with van der Waals surface area (Å²) < 4.78 is 1.93. The van der Waals surface area contributed by atoms with E-state index >= 15 is 0 Å². The highest BCUT2D eigenvalue weighted by Crippen LogP contribution is 2.27. The van der Waals surface area contributed by atoms with Crippen molar-refractivity contribution in [3.8, 4) is 11.4 Å². The summed E-state index contributed by atoms with van der Waals surface area (Å²) in [5.74, 6) is 0.622. The number of aryl methyl sites for hydroxylation is 1. The normalized spacial score (nSPS) is 11.8. The maximum Gasteiger partial charge on any atom is 0.237 e. The fourth-order valence-corrected chi connectivity index (χ4v) is 3.33. The van der Waals surface area contributed by atoms with Crippen LogP contribution < -0.4 is 5.32 Å². The summed E-state index contributed by atoms with van der Waals surface area (Å²) in [5.41, 5.74) is 2.80. The lowest BCUT2D eigenvalue weighted by molar-refractivity contribution is -0.115. The van der Waals surface area contributed by atoms with E-state index in [1.165, 1.54) is 11.8 Å². The summed E-state index contributed by atoms with van der Waals surface area (Å²) in [5, 5.41) is 11.8. The summed E-state index contributed by atoms with van der Waals surface area (Å²) in [6.45, 7) is 8.22. The van der Waals surface area contributed by atoms with Gasteiger partial charge in [-0.3, -0.25) is 14.3 Å². The molecule has 0 bridgehead atoms. The minimum Gasteiger partial charge on any atom is -0.325 e. The number of amides is 1. The van der Waals surface area contributed by atoms with Gasteiger partial charge in [-0.05, 0) is 38.1 Å². The predicted octanol–water partition coefficient (Wildman–Crippen LogP) is 3.95. The van der Waals surface area contributed by atoms with Gasteiger partial charge in [0.2, 0.25) is 5.91 Å². The number of hydrogen-bond donors (Lipinski definition) is 1. The summed E-state index contributed by atoms with van der Waals surface area (Å²) in [6.07, 6.45) is 5.24. The number of anilines is 1. The van der Waals surface area contributed by atoms with Crippen molar-refractivity contribution in [1.29, 1.82) is 0 Å². The van der Waals surface area contributed by atoms with E-state index in [-0.39, 0.29) is 11.2 Å². The van der Waals surface area contributed by atoms with E-state index in [0.717, 1.165) is 16.8 Å². The Morgan fingerprint density at radius 2 is 2.07 bits per heavy atom. The zero-order valence-electron chi connectivity index (χ0n) is 15.3. The quantitative estimate of drug-likeness (QED) is 0.497. The first-order valence-electron chi connectivity index (χ1n) is 8.57. The van der Waals surface area contributed by atoms with Crippen molar-refractivity contribution in [2.24, 2.45) is 0 Å². The summed E-state index contributed by atoms with van der Waals surface area (Å²) in [4.78, 5) is 16.7. The Morgan fingerprint density at radius 1 is 1.30 bits per heavy atom. The molecule has 27 heavy (non-hydrogen) atoms. The van der Waals surface area contributed by atoms with Gasteiger partial charge in [-0.25, -0.2) is 0 Å². The van der Waals surface area contributed by atoms with E-state index in [9.17, 15) is 4.79 Å². The van der Waals surface area contributed by atoms with Crippen LogP contribution in [0.3, 0.4) is 0 Å². The van der Waals surface area contributed by atoms with Gasteiger partial charge in [0.15, 0.2) is 11.0 Å². The summed E-state index contributed by atoms with van der Waals surface area (Å²) in [7, 11) is 0. The first-order valence-corrected chi connectivity index (χ1v) is 9.45. The zero-order valence-corrected chi connectivity index (χ0v) is 16.1. The number of nitrogens with zero attached hydrogens (tertiary/aromatic N) is 4. The molecule has 6 nitrogen and oxygen atoms in total. The molecule has 3 aromatic rings. The molecule has 0 aliphatic carbocycles. The monoisotopic (exact) mass is 379 g/mol. The molecular formula is C20H21N5OS. The smallest absolute Gasteiger partial charge is 0.237 e. The second-order valence-electron chi connectivity index (χ2n) is 6.06. The molecule has 2 heterocycles. The number of rotatable bonds is 7. The highest BCUT2D eigenvalue weighted by Gasteiger charge is 2.20. The van der Waals surface area contributed by atoms with Crippen molar-refractivity contribution in [1.82, 2.24) is 19.7 Å². The van der Waals surface area contributed by atoms with Crippen molar-refractivity contribution in [3.63, 3.8) is 0 Å². The molecule has 0 aliphatic heterocycles. The molecule has 0 unspecified atom stereocenters. The Balaban J connectivity index is 1.76. The van der Waals surface area contributed by atoms with Crippen LogP contribution in [0.4, 0.5) is 5.69 Å². The Kier molecular flexibility index (Phi) is 6.03. The molecule has 0 spiro atoms. The average Bonchev–Trinajstić information content (AvgIpc) is 3.07. The van der Waals surface area contributed by atoms with E-state index in [1.807, 2.05) is 54.8 Å². The Bertz CT molecular complexity index is 921. The van der Waals surface area contributed by atoms with Gasteiger partial charge in [0.1, 0.15) is 0 Å². The number of nitrogens with one attached hydrogen (secondary N) is 1. The highest BCUT2D eigenvalue weighted by molar-refractivity contribution is 8.00. The maximum absolute atomic E-state index is 12.5. The van der Waals surface area contributed by atoms with Gasteiger partial charge in [0, 0.05) is 30.2 Å². The lowest BCUT2D eigenvalue weighted by Crippen LogP contribution is -2.23. The van der Waals surface area contributed by atoms with Crippen LogP contribution in [0.25, 0.3) is 11.4 Å². The number of benzene rings is 1. The molecule has 1 aromatic carbocycles. The van der Waals surface area contributed by atoms with Gasteiger partial charge in [-0.1, -0.05) is 35.5 Å².